The van der Waals surface area contributed by atoms with Gasteiger partial charge in [0.25, 0.3) is 0 Å². The first-order valence-corrected chi connectivity index (χ1v) is 7.56. The van der Waals surface area contributed by atoms with E-state index >= 15 is 0 Å². The monoisotopic (exact) mass is 344 g/mol. The minimum Gasteiger partial charge on any atom is -0.370 e. The summed E-state index contributed by atoms with van der Waals surface area (Å²) in [7, 11) is 0. The summed E-state index contributed by atoms with van der Waals surface area (Å²) in [5, 5.41) is 4.62. The molecule has 0 bridgehead atoms. The molecule has 1 aliphatic heterocycles. The number of hydrogen-bond acceptors (Lipinski definition) is 2. The Morgan fingerprint density at radius 1 is 1.47 bits per heavy atom. The third-order valence-electron chi connectivity index (χ3n) is 4.67. The summed E-state index contributed by atoms with van der Waals surface area (Å²) >= 11 is 2.33. The van der Waals surface area contributed by atoms with Gasteiger partial charge >= 0.3 is 0 Å². The fourth-order valence-corrected chi connectivity index (χ4v) is 4.31. The maximum absolute atomic E-state index is 5.60. The van der Waals surface area contributed by atoms with E-state index in [0.29, 0.717) is 11.6 Å². The molecule has 3 nitrogen and oxygen atoms in total. The summed E-state index contributed by atoms with van der Waals surface area (Å²) in [6.45, 7) is 5.46. The average molecular weight is 344 g/mol. The van der Waals surface area contributed by atoms with Crippen LogP contribution < -0.4 is 0 Å². The number of epoxide rings is 1. The number of nitrogens with zero attached hydrogens (tertiary/aromatic N) is 2. The molecule has 1 unspecified atom stereocenters. The number of ether oxygens (including phenoxy) is 1. The van der Waals surface area contributed by atoms with E-state index in [-0.39, 0.29) is 0 Å². The summed E-state index contributed by atoms with van der Waals surface area (Å²) in [6.07, 6.45) is 2.59. The van der Waals surface area contributed by atoms with E-state index in [1.165, 1.54) is 18.5 Å². The molecule has 4 rings (SSSR count). The van der Waals surface area contributed by atoms with Crippen LogP contribution in [0.2, 0.25) is 0 Å². The van der Waals surface area contributed by atoms with Crippen LogP contribution >= 0.6 is 22.6 Å². The minimum atomic E-state index is 0.335. The third kappa shape index (κ3) is 1.52. The quantitative estimate of drug-likeness (QED) is 0.610. The first-order valence-electron chi connectivity index (χ1n) is 6.49. The van der Waals surface area contributed by atoms with Crippen molar-refractivity contribution < 1.29 is 4.74 Å². The first kappa shape index (κ1) is 10.8. The summed E-state index contributed by atoms with van der Waals surface area (Å²) < 4.78 is 8.96. The van der Waals surface area contributed by atoms with E-state index in [1.54, 1.807) is 0 Å². The molecular formula is C13H17IN2O. The van der Waals surface area contributed by atoms with E-state index in [9.17, 15) is 0 Å². The lowest BCUT2D eigenvalue weighted by atomic mass is 9.99. The molecule has 1 aromatic heterocycles. The molecule has 92 valence electrons. The highest BCUT2D eigenvalue weighted by molar-refractivity contribution is 14.1. The van der Waals surface area contributed by atoms with Crippen LogP contribution in [0.25, 0.3) is 0 Å². The van der Waals surface area contributed by atoms with Gasteiger partial charge < -0.3 is 4.74 Å². The van der Waals surface area contributed by atoms with E-state index < -0.39 is 0 Å². The molecule has 0 radical (unpaired) electrons. The zero-order valence-corrected chi connectivity index (χ0v) is 12.3. The van der Waals surface area contributed by atoms with Crippen LogP contribution in [0.4, 0.5) is 0 Å². The predicted octanol–water partition coefficient (Wildman–Crippen LogP) is 2.96. The lowest BCUT2D eigenvalue weighted by Gasteiger charge is -2.13. The van der Waals surface area contributed by atoms with Gasteiger partial charge in [-0.15, -0.1) is 0 Å². The number of hydrogen-bond donors (Lipinski definition) is 0. The van der Waals surface area contributed by atoms with Gasteiger partial charge in [0, 0.05) is 17.7 Å². The van der Waals surface area contributed by atoms with Crippen molar-refractivity contribution in [1.82, 2.24) is 9.78 Å². The molecule has 0 N–H and O–H groups in total. The molecule has 1 aromatic rings. The lowest BCUT2D eigenvalue weighted by molar-refractivity contribution is 0.284. The van der Waals surface area contributed by atoms with Gasteiger partial charge in [0.05, 0.1) is 12.2 Å². The molecule has 4 atom stereocenters. The fourth-order valence-electron chi connectivity index (χ4n) is 3.76. The highest BCUT2D eigenvalue weighted by Gasteiger charge is 2.67. The number of rotatable bonds is 2. The molecule has 1 spiro atoms. The van der Waals surface area contributed by atoms with Gasteiger partial charge in [0.2, 0.25) is 0 Å². The Morgan fingerprint density at radius 3 is 2.65 bits per heavy atom. The van der Waals surface area contributed by atoms with Crippen LogP contribution in [-0.2, 0) is 4.74 Å². The molecule has 1 saturated heterocycles. The van der Waals surface area contributed by atoms with Crippen LogP contribution in [-0.4, -0.2) is 22.0 Å². The van der Waals surface area contributed by atoms with Crippen molar-refractivity contribution in [2.24, 2.45) is 11.8 Å². The third-order valence-corrected chi connectivity index (χ3v) is 5.19. The Kier molecular flexibility index (Phi) is 2.07. The second-order valence-electron chi connectivity index (χ2n) is 6.16. The topological polar surface area (TPSA) is 30.4 Å². The second-order valence-corrected chi connectivity index (χ2v) is 7.27. The smallest absolute Gasteiger partial charge is 0.123 e. The van der Waals surface area contributed by atoms with Crippen LogP contribution in [0, 0.1) is 15.5 Å². The Bertz CT molecular complexity index is 464. The Hall–Kier alpha value is -0.100. The Labute approximate surface area is 115 Å². The fraction of sp³-hybridized carbons (Fsp3) is 0.769. The van der Waals surface area contributed by atoms with Crippen LogP contribution in [0.15, 0.2) is 6.07 Å². The number of fused-ring (bicyclic) bond motifs is 1. The van der Waals surface area contributed by atoms with E-state index in [1.807, 2.05) is 0 Å². The van der Waals surface area contributed by atoms with E-state index in [2.05, 4.69) is 52.3 Å². The van der Waals surface area contributed by atoms with Gasteiger partial charge in [-0.05, 0) is 67.2 Å². The molecule has 2 saturated carbocycles. The van der Waals surface area contributed by atoms with Crippen molar-refractivity contribution in [2.45, 2.75) is 44.2 Å². The van der Waals surface area contributed by atoms with Crippen LogP contribution in [0.1, 0.15) is 44.3 Å². The molecule has 2 aliphatic carbocycles. The van der Waals surface area contributed by atoms with E-state index in [4.69, 9.17) is 4.74 Å². The molecule has 2 heterocycles. The van der Waals surface area contributed by atoms with Crippen molar-refractivity contribution in [3.8, 4) is 0 Å². The standard InChI is InChI=1S/C13H17IN2O/c1-7(2)16-10(3-11(14)15-16)12-8-4-13(6-17-13)5-9(8)12/h3,7-9,12H,4-6H2,1-2H3/t8-,9+,12-,13?. The maximum Gasteiger partial charge on any atom is 0.123 e. The van der Waals surface area contributed by atoms with Gasteiger partial charge in [-0.2, -0.15) is 5.10 Å². The van der Waals surface area contributed by atoms with Crippen molar-refractivity contribution in [1.29, 1.82) is 0 Å². The van der Waals surface area contributed by atoms with Crippen LogP contribution in [0.3, 0.4) is 0 Å². The van der Waals surface area contributed by atoms with E-state index in [0.717, 1.165) is 28.1 Å². The van der Waals surface area contributed by atoms with Crippen LogP contribution in [0.5, 0.6) is 0 Å². The Morgan fingerprint density at radius 2 is 2.12 bits per heavy atom. The largest absolute Gasteiger partial charge is 0.370 e. The highest BCUT2D eigenvalue weighted by atomic mass is 127. The molecule has 3 fully saturated rings. The number of aromatic nitrogens is 2. The van der Waals surface area contributed by atoms with Gasteiger partial charge in [-0.3, -0.25) is 4.68 Å². The molecule has 3 aliphatic rings. The van der Waals surface area contributed by atoms with Gasteiger partial charge in [0.15, 0.2) is 0 Å². The lowest BCUT2D eigenvalue weighted by Crippen LogP contribution is -2.12. The second kappa shape index (κ2) is 3.26. The van der Waals surface area contributed by atoms with Crippen molar-refractivity contribution >= 4 is 22.6 Å². The normalized spacial score (nSPS) is 42.2. The molecular weight excluding hydrogens is 327 g/mol. The first-order chi connectivity index (χ1) is 8.10. The summed E-state index contributed by atoms with van der Waals surface area (Å²) in [4.78, 5) is 0. The summed E-state index contributed by atoms with van der Waals surface area (Å²) in [6, 6.07) is 2.75. The zero-order valence-electron chi connectivity index (χ0n) is 10.2. The Balaban J connectivity index is 1.61. The molecule has 4 heteroatoms. The van der Waals surface area contributed by atoms with Crippen molar-refractivity contribution in [3.63, 3.8) is 0 Å². The van der Waals surface area contributed by atoms with Gasteiger partial charge in [-0.1, -0.05) is 0 Å². The van der Waals surface area contributed by atoms with Gasteiger partial charge in [0.1, 0.15) is 3.70 Å². The average Bonchev–Trinajstić information content (AvgIpc) is 3.04. The molecule has 17 heavy (non-hydrogen) atoms. The zero-order chi connectivity index (χ0) is 11.8. The number of halogens is 1. The SMILES string of the molecule is CC(C)n1nc(I)cc1[C@@H]1[C@@H]2CC3(CO3)C[C@@H]21. The molecule has 0 amide bonds. The highest BCUT2D eigenvalue weighted by Crippen LogP contribution is 2.69. The molecule has 0 aromatic carbocycles. The maximum atomic E-state index is 5.60. The summed E-state index contributed by atoms with van der Waals surface area (Å²) in [5.41, 5.74) is 1.80. The predicted molar refractivity (Wildman–Crippen MR) is 73.0 cm³/mol. The van der Waals surface area contributed by atoms with Crippen molar-refractivity contribution in [3.05, 3.63) is 15.5 Å². The summed E-state index contributed by atoms with van der Waals surface area (Å²) in [5.74, 6) is 2.52. The van der Waals surface area contributed by atoms with Crippen molar-refractivity contribution in [2.75, 3.05) is 6.61 Å². The minimum absolute atomic E-state index is 0.335. The van der Waals surface area contributed by atoms with Gasteiger partial charge in [-0.25, -0.2) is 0 Å².